The second-order valence-electron chi connectivity index (χ2n) is 8.42. The number of hydrogen-bond acceptors (Lipinski definition) is 6. The Hall–Kier alpha value is -2.89. The van der Waals surface area contributed by atoms with Gasteiger partial charge in [0, 0.05) is 6.54 Å². The first-order chi connectivity index (χ1) is 15.0. The molecule has 1 fully saturated rings. The van der Waals surface area contributed by atoms with Crippen LogP contribution in [-0.2, 0) is 19.2 Å². The van der Waals surface area contributed by atoms with Crippen molar-refractivity contribution in [2.75, 3.05) is 13.1 Å². The van der Waals surface area contributed by atoms with Crippen LogP contribution in [0.15, 0.2) is 4.99 Å². The van der Waals surface area contributed by atoms with Gasteiger partial charge in [-0.15, -0.1) is 0 Å². The fourth-order valence-electron chi connectivity index (χ4n) is 3.32. The monoisotopic (exact) mass is 455 g/mol. The lowest BCUT2D eigenvalue weighted by Crippen LogP contribution is -2.56. The number of carboxylic acids is 1. The van der Waals surface area contributed by atoms with Crippen molar-refractivity contribution in [1.82, 2.24) is 21.3 Å². The van der Waals surface area contributed by atoms with E-state index in [-0.39, 0.29) is 36.8 Å². The SMILES string of the molecule is CC(C)CC(NC(=O)C(C)NC(=O)C1CCCN1)C(=O)NC(CCCN=C(N)N)C(=O)O. The van der Waals surface area contributed by atoms with Crippen molar-refractivity contribution in [1.29, 1.82) is 0 Å². The first kappa shape index (κ1) is 27.1. The Bertz CT molecular complexity index is 688. The molecule has 9 N–H and O–H groups in total. The van der Waals surface area contributed by atoms with E-state index in [1.165, 1.54) is 6.92 Å². The number of nitrogens with one attached hydrogen (secondary N) is 4. The van der Waals surface area contributed by atoms with Gasteiger partial charge in [0.25, 0.3) is 0 Å². The van der Waals surface area contributed by atoms with Crippen LogP contribution in [-0.4, -0.2) is 72.0 Å². The average molecular weight is 456 g/mol. The molecule has 3 amide bonds. The van der Waals surface area contributed by atoms with Crippen molar-refractivity contribution < 1.29 is 24.3 Å². The number of carboxylic acid groups (broad SMARTS) is 1. The maximum Gasteiger partial charge on any atom is 0.326 e. The van der Waals surface area contributed by atoms with Crippen LogP contribution in [0.1, 0.15) is 52.9 Å². The third-order valence-electron chi connectivity index (χ3n) is 5.03. The molecule has 4 atom stereocenters. The van der Waals surface area contributed by atoms with Crippen LogP contribution in [0.25, 0.3) is 0 Å². The molecule has 12 heteroatoms. The van der Waals surface area contributed by atoms with Gasteiger partial charge in [0.1, 0.15) is 18.1 Å². The number of carbonyl (C=O) groups is 4. The zero-order valence-electron chi connectivity index (χ0n) is 19.0. The van der Waals surface area contributed by atoms with E-state index in [1.54, 1.807) is 0 Å². The smallest absolute Gasteiger partial charge is 0.326 e. The van der Waals surface area contributed by atoms with Gasteiger partial charge in [-0.05, 0) is 51.5 Å². The zero-order chi connectivity index (χ0) is 24.3. The molecular weight excluding hydrogens is 418 g/mol. The minimum Gasteiger partial charge on any atom is -0.480 e. The fraction of sp³-hybridized carbons (Fsp3) is 0.750. The summed E-state index contributed by atoms with van der Waals surface area (Å²) in [6, 6.07) is -3.25. The largest absolute Gasteiger partial charge is 0.480 e. The van der Waals surface area contributed by atoms with Gasteiger partial charge in [-0.3, -0.25) is 19.4 Å². The van der Waals surface area contributed by atoms with E-state index >= 15 is 0 Å². The molecule has 0 saturated carbocycles. The van der Waals surface area contributed by atoms with Crippen molar-refractivity contribution in [3.63, 3.8) is 0 Å². The Balaban J connectivity index is 2.70. The number of nitrogens with zero attached hydrogens (tertiary/aromatic N) is 1. The predicted molar refractivity (Wildman–Crippen MR) is 119 cm³/mol. The van der Waals surface area contributed by atoms with Crippen LogP contribution in [0.3, 0.4) is 0 Å². The topological polar surface area (TPSA) is 201 Å². The highest BCUT2D eigenvalue weighted by Gasteiger charge is 2.30. The number of guanidine groups is 1. The van der Waals surface area contributed by atoms with E-state index in [4.69, 9.17) is 11.5 Å². The van der Waals surface area contributed by atoms with Crippen LogP contribution in [0.4, 0.5) is 0 Å². The van der Waals surface area contributed by atoms with Gasteiger partial charge < -0.3 is 37.8 Å². The van der Waals surface area contributed by atoms with Gasteiger partial charge in [0.15, 0.2) is 5.96 Å². The van der Waals surface area contributed by atoms with E-state index in [0.29, 0.717) is 19.3 Å². The highest BCUT2D eigenvalue weighted by atomic mass is 16.4. The zero-order valence-corrected chi connectivity index (χ0v) is 19.0. The highest BCUT2D eigenvalue weighted by molar-refractivity contribution is 5.94. The van der Waals surface area contributed by atoms with Crippen LogP contribution < -0.4 is 32.7 Å². The van der Waals surface area contributed by atoms with E-state index in [2.05, 4.69) is 26.3 Å². The Kier molecular flexibility index (Phi) is 11.5. The van der Waals surface area contributed by atoms with Crippen molar-refractivity contribution in [3.8, 4) is 0 Å². The molecule has 0 spiro atoms. The molecule has 4 unspecified atom stereocenters. The quantitative estimate of drug-likeness (QED) is 0.0976. The molecule has 1 aliphatic heterocycles. The van der Waals surface area contributed by atoms with E-state index in [1.807, 2.05) is 13.8 Å². The van der Waals surface area contributed by atoms with Gasteiger partial charge in [0.2, 0.25) is 17.7 Å². The summed E-state index contributed by atoms with van der Waals surface area (Å²) in [6.07, 6.45) is 2.39. The fourth-order valence-corrected chi connectivity index (χ4v) is 3.32. The van der Waals surface area contributed by atoms with Crippen molar-refractivity contribution in [3.05, 3.63) is 0 Å². The van der Waals surface area contributed by atoms with Crippen LogP contribution in [0, 0.1) is 5.92 Å². The van der Waals surface area contributed by atoms with Crippen LogP contribution in [0.5, 0.6) is 0 Å². The summed E-state index contributed by atoms with van der Waals surface area (Å²) in [4.78, 5) is 52.9. The maximum atomic E-state index is 12.8. The molecule has 0 radical (unpaired) electrons. The molecule has 0 aromatic carbocycles. The Morgan fingerprint density at radius 1 is 1.06 bits per heavy atom. The third kappa shape index (κ3) is 9.94. The molecule has 12 nitrogen and oxygen atoms in total. The van der Waals surface area contributed by atoms with Gasteiger partial charge in [-0.1, -0.05) is 13.8 Å². The molecule has 0 bridgehead atoms. The van der Waals surface area contributed by atoms with Gasteiger partial charge in [0.05, 0.1) is 6.04 Å². The van der Waals surface area contributed by atoms with Crippen LogP contribution in [0.2, 0.25) is 0 Å². The summed E-state index contributed by atoms with van der Waals surface area (Å²) in [5, 5.41) is 20.3. The van der Waals surface area contributed by atoms with Crippen molar-refractivity contribution in [2.45, 2.75) is 77.0 Å². The number of rotatable bonds is 13. The normalized spacial score (nSPS) is 18.3. The molecule has 1 rings (SSSR count). The van der Waals surface area contributed by atoms with Crippen molar-refractivity contribution in [2.24, 2.45) is 22.4 Å². The Morgan fingerprint density at radius 3 is 2.25 bits per heavy atom. The molecular formula is C20H37N7O5. The van der Waals surface area contributed by atoms with Gasteiger partial charge >= 0.3 is 5.97 Å². The first-order valence-electron chi connectivity index (χ1n) is 10.9. The summed E-state index contributed by atoms with van der Waals surface area (Å²) >= 11 is 0. The second kappa shape index (κ2) is 13.5. The Morgan fingerprint density at radius 2 is 1.72 bits per heavy atom. The number of aliphatic imine (C=N–C) groups is 1. The third-order valence-corrected chi connectivity index (χ3v) is 5.03. The maximum absolute atomic E-state index is 12.8. The van der Waals surface area contributed by atoms with Crippen LogP contribution >= 0.6 is 0 Å². The molecule has 182 valence electrons. The molecule has 0 aromatic rings. The van der Waals surface area contributed by atoms with Crippen molar-refractivity contribution >= 4 is 29.7 Å². The molecule has 1 heterocycles. The van der Waals surface area contributed by atoms with E-state index in [0.717, 1.165) is 13.0 Å². The number of hydrogen-bond donors (Lipinski definition) is 7. The summed E-state index contributed by atoms with van der Waals surface area (Å²) in [5.74, 6) is -2.60. The summed E-state index contributed by atoms with van der Waals surface area (Å²) < 4.78 is 0. The van der Waals surface area contributed by atoms with Gasteiger partial charge in [-0.25, -0.2) is 4.79 Å². The summed E-state index contributed by atoms with van der Waals surface area (Å²) in [7, 11) is 0. The second-order valence-corrected chi connectivity index (χ2v) is 8.42. The summed E-state index contributed by atoms with van der Waals surface area (Å²) in [6.45, 7) is 6.30. The highest BCUT2D eigenvalue weighted by Crippen LogP contribution is 2.08. The number of amides is 3. The number of nitrogens with two attached hydrogens (primary N) is 2. The predicted octanol–water partition coefficient (Wildman–Crippen LogP) is -1.60. The van der Waals surface area contributed by atoms with Gasteiger partial charge in [-0.2, -0.15) is 0 Å². The van der Waals surface area contributed by atoms with E-state index in [9.17, 15) is 24.3 Å². The number of carbonyl (C=O) groups excluding carboxylic acids is 3. The lowest BCUT2D eigenvalue weighted by Gasteiger charge is -2.24. The molecule has 1 saturated heterocycles. The average Bonchev–Trinajstić information content (AvgIpc) is 3.23. The first-order valence-corrected chi connectivity index (χ1v) is 10.9. The number of aliphatic carboxylic acids is 1. The molecule has 32 heavy (non-hydrogen) atoms. The lowest BCUT2D eigenvalue weighted by atomic mass is 10.0. The molecule has 0 aromatic heterocycles. The minimum atomic E-state index is -1.19. The standard InChI is InChI=1S/C20H37N7O5/c1-11(2)10-15(18(30)26-14(19(31)32)7-5-9-24-20(21)22)27-16(28)12(3)25-17(29)13-6-4-8-23-13/h11-15,23H,4-10H2,1-3H3,(H,25,29)(H,26,30)(H,27,28)(H,31,32)(H4,21,22,24). The van der Waals surface area contributed by atoms with E-state index < -0.39 is 35.9 Å². The minimum absolute atomic E-state index is 0.0591. The Labute approximate surface area is 188 Å². The molecule has 1 aliphatic rings. The summed E-state index contributed by atoms with van der Waals surface area (Å²) in [5.41, 5.74) is 10.5. The lowest BCUT2D eigenvalue weighted by molar-refractivity contribution is -0.142. The molecule has 0 aliphatic carbocycles.